The van der Waals surface area contributed by atoms with Crippen LogP contribution in [-0.4, -0.2) is 51.7 Å². The molecule has 0 bridgehead atoms. The van der Waals surface area contributed by atoms with Crippen molar-refractivity contribution < 1.29 is 23.9 Å². The fourth-order valence-electron chi connectivity index (χ4n) is 3.83. The summed E-state index contributed by atoms with van der Waals surface area (Å²) >= 11 is 0. The van der Waals surface area contributed by atoms with Crippen molar-refractivity contribution in [2.24, 2.45) is 0 Å². The summed E-state index contributed by atoms with van der Waals surface area (Å²) in [7, 11) is 0. The Morgan fingerprint density at radius 2 is 1.44 bits per heavy atom. The number of alkyl carbamates (subject to hydrolysis) is 1. The molecule has 1 heterocycles. The quantitative estimate of drug-likeness (QED) is 0.116. The first kappa shape index (κ1) is 34.1. The van der Waals surface area contributed by atoms with Crippen molar-refractivity contribution in [3.63, 3.8) is 0 Å². The Kier molecular flexibility index (Phi) is 18.4. The molecule has 0 fully saturated rings. The first-order valence-corrected chi connectivity index (χ1v) is 14.7. The fraction of sp³-hybridized carbons (Fsp3) is 0.759. The number of rotatable bonds is 21. The summed E-state index contributed by atoms with van der Waals surface area (Å²) in [4.78, 5) is 35.4. The van der Waals surface area contributed by atoms with Crippen molar-refractivity contribution >= 4 is 18.0 Å². The fourth-order valence-corrected chi connectivity index (χ4v) is 3.83. The number of aryl methyl sites for hydroxylation is 1. The number of carbonyl (C=O) groups is 3. The highest BCUT2D eigenvalue weighted by Gasteiger charge is 2.15. The third kappa shape index (κ3) is 20.7. The average molecular weight is 550 g/mol. The number of hydrogen-bond acceptors (Lipinski definition) is 7. The van der Waals surface area contributed by atoms with Crippen molar-refractivity contribution in [2.75, 3.05) is 13.1 Å². The van der Waals surface area contributed by atoms with Gasteiger partial charge in [-0.2, -0.15) is 0 Å². The molecule has 0 aliphatic rings. The maximum Gasteiger partial charge on any atom is 0.407 e. The molecule has 1 aromatic heterocycles. The van der Waals surface area contributed by atoms with Crippen LogP contribution in [0.4, 0.5) is 4.79 Å². The molecule has 39 heavy (non-hydrogen) atoms. The maximum absolute atomic E-state index is 11.9. The highest BCUT2D eigenvalue weighted by Crippen LogP contribution is 2.11. The molecule has 2 amide bonds. The van der Waals surface area contributed by atoms with Gasteiger partial charge in [0.1, 0.15) is 17.9 Å². The minimum Gasteiger partial charge on any atom is -0.456 e. The molecular formula is C29H51N5O5. The van der Waals surface area contributed by atoms with E-state index >= 15 is 0 Å². The van der Waals surface area contributed by atoms with Crippen molar-refractivity contribution in [3.8, 4) is 0 Å². The smallest absolute Gasteiger partial charge is 0.407 e. The Balaban J connectivity index is 2.04. The zero-order valence-electron chi connectivity index (χ0n) is 24.6. The predicted molar refractivity (Wildman–Crippen MR) is 152 cm³/mol. The highest BCUT2D eigenvalue weighted by atomic mass is 16.6. The summed E-state index contributed by atoms with van der Waals surface area (Å²) in [5.74, 6) is -0.924. The van der Waals surface area contributed by atoms with Gasteiger partial charge in [0.15, 0.2) is 0 Å². The summed E-state index contributed by atoms with van der Waals surface area (Å²) in [6.07, 6.45) is 19.4. The Hall–Kier alpha value is -2.91. The minimum absolute atomic E-state index is 0.0419. The highest BCUT2D eigenvalue weighted by molar-refractivity contribution is 5.94. The van der Waals surface area contributed by atoms with Crippen LogP contribution in [0.25, 0.3) is 0 Å². The van der Waals surface area contributed by atoms with Crippen LogP contribution in [0.3, 0.4) is 0 Å². The molecule has 1 aromatic rings. The van der Waals surface area contributed by atoms with E-state index in [-0.39, 0.29) is 12.5 Å². The van der Waals surface area contributed by atoms with Crippen LogP contribution < -0.4 is 10.6 Å². The number of amides is 2. The van der Waals surface area contributed by atoms with E-state index in [1.54, 1.807) is 10.9 Å². The van der Waals surface area contributed by atoms with E-state index in [4.69, 9.17) is 9.47 Å². The lowest BCUT2D eigenvalue weighted by molar-refractivity contribution is -0.139. The lowest BCUT2D eigenvalue weighted by atomic mass is 10.1. The van der Waals surface area contributed by atoms with E-state index in [1.807, 2.05) is 20.8 Å². The van der Waals surface area contributed by atoms with Gasteiger partial charge in [0.05, 0.1) is 6.20 Å². The lowest BCUT2D eigenvalue weighted by Crippen LogP contribution is -2.33. The molecule has 0 unspecified atom stereocenters. The van der Waals surface area contributed by atoms with E-state index in [0.717, 1.165) is 18.9 Å². The van der Waals surface area contributed by atoms with Crippen molar-refractivity contribution in [1.82, 2.24) is 25.6 Å². The van der Waals surface area contributed by atoms with E-state index in [9.17, 15) is 14.4 Å². The van der Waals surface area contributed by atoms with Crippen LogP contribution >= 0.6 is 0 Å². The van der Waals surface area contributed by atoms with Gasteiger partial charge < -0.3 is 20.1 Å². The molecule has 10 heteroatoms. The number of ether oxygens (including phenoxy) is 2. The molecular weight excluding hydrogens is 498 g/mol. The van der Waals surface area contributed by atoms with Crippen molar-refractivity contribution in [3.05, 3.63) is 24.0 Å². The normalized spacial score (nSPS) is 11.5. The van der Waals surface area contributed by atoms with Gasteiger partial charge in [-0.25, -0.2) is 9.59 Å². The molecule has 2 N–H and O–H groups in total. The SMILES string of the molecule is CCCCCCCCCCCCCCNC(=O)/C=C\C(=O)OCc1cn(CCCNC(=O)OC(C)(C)C)nn1. The van der Waals surface area contributed by atoms with Gasteiger partial charge in [0, 0.05) is 31.8 Å². The van der Waals surface area contributed by atoms with Crippen molar-refractivity contribution in [2.45, 2.75) is 130 Å². The third-order valence-corrected chi connectivity index (χ3v) is 5.88. The van der Waals surface area contributed by atoms with Gasteiger partial charge in [-0.15, -0.1) is 5.10 Å². The Morgan fingerprint density at radius 1 is 0.846 bits per heavy atom. The summed E-state index contributed by atoms with van der Waals surface area (Å²) in [6.45, 7) is 9.21. The molecule has 0 radical (unpaired) electrons. The number of carbonyl (C=O) groups excluding carboxylic acids is 3. The van der Waals surface area contributed by atoms with E-state index < -0.39 is 17.7 Å². The molecule has 222 valence electrons. The van der Waals surface area contributed by atoms with Gasteiger partial charge in [-0.1, -0.05) is 82.8 Å². The van der Waals surface area contributed by atoms with Crippen LogP contribution in [0.15, 0.2) is 18.3 Å². The van der Waals surface area contributed by atoms with E-state index in [2.05, 4.69) is 27.9 Å². The Labute approximate surface area is 234 Å². The number of hydrogen-bond donors (Lipinski definition) is 2. The molecule has 0 aliphatic heterocycles. The number of unbranched alkanes of at least 4 members (excludes halogenated alkanes) is 11. The molecule has 0 atom stereocenters. The second kappa shape index (κ2) is 21.0. The van der Waals surface area contributed by atoms with E-state index in [1.165, 1.54) is 70.3 Å². The molecule has 0 saturated heterocycles. The van der Waals surface area contributed by atoms with Gasteiger partial charge in [-0.05, 0) is 33.6 Å². The zero-order chi connectivity index (χ0) is 28.8. The van der Waals surface area contributed by atoms with Crippen molar-refractivity contribution in [1.29, 1.82) is 0 Å². The minimum atomic E-state index is -0.619. The summed E-state index contributed by atoms with van der Waals surface area (Å²) in [5.41, 5.74) is -0.0407. The summed E-state index contributed by atoms with van der Waals surface area (Å²) in [5, 5.41) is 13.4. The largest absolute Gasteiger partial charge is 0.456 e. The monoisotopic (exact) mass is 549 g/mol. The van der Waals surface area contributed by atoms with E-state index in [0.29, 0.717) is 31.7 Å². The van der Waals surface area contributed by atoms with Crippen LogP contribution in [-0.2, 0) is 32.2 Å². The molecule has 0 aromatic carbocycles. The second-order valence-electron chi connectivity index (χ2n) is 10.9. The van der Waals surface area contributed by atoms with Crippen LogP contribution in [0.1, 0.15) is 117 Å². The zero-order valence-corrected chi connectivity index (χ0v) is 24.6. The summed E-state index contributed by atoms with van der Waals surface area (Å²) < 4.78 is 11.9. The number of nitrogens with zero attached hydrogens (tertiary/aromatic N) is 3. The molecule has 1 rings (SSSR count). The third-order valence-electron chi connectivity index (χ3n) is 5.88. The Bertz CT molecular complexity index is 847. The molecule has 10 nitrogen and oxygen atoms in total. The molecule has 0 saturated carbocycles. The van der Waals surface area contributed by atoms with Gasteiger partial charge >= 0.3 is 12.1 Å². The maximum atomic E-state index is 11.9. The topological polar surface area (TPSA) is 124 Å². The number of esters is 1. The van der Waals surface area contributed by atoms with Gasteiger partial charge in [-0.3, -0.25) is 9.48 Å². The summed E-state index contributed by atoms with van der Waals surface area (Å²) in [6, 6.07) is 0. The second-order valence-corrected chi connectivity index (χ2v) is 10.9. The first-order valence-electron chi connectivity index (χ1n) is 14.7. The van der Waals surface area contributed by atoms with Gasteiger partial charge in [0.25, 0.3) is 0 Å². The van der Waals surface area contributed by atoms with Gasteiger partial charge in [0.2, 0.25) is 5.91 Å². The van der Waals surface area contributed by atoms with Crippen LogP contribution in [0.5, 0.6) is 0 Å². The number of nitrogens with one attached hydrogen (secondary N) is 2. The van der Waals surface area contributed by atoms with Crippen LogP contribution in [0, 0.1) is 0 Å². The Morgan fingerprint density at radius 3 is 2.05 bits per heavy atom. The number of aromatic nitrogens is 3. The molecule has 0 aliphatic carbocycles. The first-order chi connectivity index (χ1) is 18.7. The lowest BCUT2D eigenvalue weighted by Gasteiger charge is -2.19. The predicted octanol–water partition coefficient (Wildman–Crippen LogP) is 5.61. The molecule has 0 spiro atoms. The van der Waals surface area contributed by atoms with Crippen LogP contribution in [0.2, 0.25) is 0 Å². The average Bonchev–Trinajstić information content (AvgIpc) is 3.33. The standard InChI is InChI=1S/C29H51N5O5/c1-5-6-7-8-9-10-11-12-13-14-15-16-20-30-26(35)18-19-27(36)38-24-25-23-34(33-32-25)22-17-21-31-28(37)39-29(2,3)4/h18-19,23H,5-17,20-22,24H2,1-4H3,(H,30,35)(H,31,37)/b19-18-.